The molecule has 0 aliphatic carbocycles. The number of nitrogens with two attached hydrogens (primary N) is 1. The Morgan fingerprint density at radius 1 is 1.25 bits per heavy atom. The number of carbonyl (C=O) groups excluding carboxylic acids is 1. The van der Waals surface area contributed by atoms with Gasteiger partial charge in [-0.2, -0.15) is 0 Å². The van der Waals surface area contributed by atoms with Gasteiger partial charge < -0.3 is 16.0 Å². The molecule has 110 valence electrons. The Kier molecular flexibility index (Phi) is 5.15. The summed E-state index contributed by atoms with van der Waals surface area (Å²) >= 11 is 0. The van der Waals surface area contributed by atoms with Gasteiger partial charge in [-0.1, -0.05) is 30.3 Å². The summed E-state index contributed by atoms with van der Waals surface area (Å²) in [6.45, 7) is 6.51. The van der Waals surface area contributed by atoms with Crippen molar-refractivity contribution in [2.24, 2.45) is 5.73 Å². The lowest BCUT2D eigenvalue weighted by molar-refractivity contribution is -0.123. The molecule has 1 aliphatic heterocycles. The van der Waals surface area contributed by atoms with E-state index in [0.29, 0.717) is 6.04 Å². The third kappa shape index (κ3) is 3.81. The number of rotatable bonds is 4. The number of carbonyl (C=O) groups is 1. The molecular weight excluding hydrogens is 250 g/mol. The molecule has 1 fully saturated rings. The number of benzene rings is 1. The lowest BCUT2D eigenvalue weighted by Crippen LogP contribution is -2.48. The lowest BCUT2D eigenvalue weighted by Gasteiger charge is -2.35. The molecule has 1 aliphatic rings. The zero-order valence-corrected chi connectivity index (χ0v) is 12.4. The second kappa shape index (κ2) is 6.86. The van der Waals surface area contributed by atoms with E-state index in [0.717, 1.165) is 31.5 Å². The summed E-state index contributed by atoms with van der Waals surface area (Å²) in [6.07, 6.45) is 2.01. The maximum absolute atomic E-state index is 12.2. The van der Waals surface area contributed by atoms with Crippen molar-refractivity contribution < 1.29 is 4.79 Å². The minimum atomic E-state index is -0.570. The number of piperidine rings is 1. The minimum Gasteiger partial charge on any atom is -0.352 e. The highest BCUT2D eigenvalue weighted by molar-refractivity contribution is 5.83. The average molecular weight is 275 g/mol. The van der Waals surface area contributed by atoms with Gasteiger partial charge >= 0.3 is 0 Å². The average Bonchev–Trinajstić information content (AvgIpc) is 2.48. The predicted octanol–water partition coefficient (Wildman–Crippen LogP) is 1.68. The Labute approximate surface area is 121 Å². The van der Waals surface area contributed by atoms with Crippen molar-refractivity contribution in [3.63, 3.8) is 0 Å². The van der Waals surface area contributed by atoms with Gasteiger partial charge in [-0.25, -0.2) is 0 Å². The van der Waals surface area contributed by atoms with Gasteiger partial charge in [0.25, 0.3) is 0 Å². The van der Waals surface area contributed by atoms with Crippen molar-refractivity contribution in [3.8, 4) is 0 Å². The molecule has 0 saturated carbocycles. The SMILES string of the molecule is CC(C)N1CCC(NC(=O)[C@@H](N)c2ccccc2)CC1. The fraction of sp³-hybridized carbons (Fsp3) is 0.562. The highest BCUT2D eigenvalue weighted by Crippen LogP contribution is 2.15. The zero-order valence-electron chi connectivity index (χ0n) is 12.4. The first-order chi connectivity index (χ1) is 9.58. The molecule has 4 nitrogen and oxygen atoms in total. The molecule has 1 amide bonds. The molecular formula is C16H25N3O. The van der Waals surface area contributed by atoms with Gasteiger partial charge in [0.15, 0.2) is 0 Å². The van der Waals surface area contributed by atoms with Gasteiger partial charge in [0, 0.05) is 25.2 Å². The molecule has 20 heavy (non-hydrogen) atoms. The summed E-state index contributed by atoms with van der Waals surface area (Å²) in [6, 6.07) is 9.80. The number of nitrogens with zero attached hydrogens (tertiary/aromatic N) is 1. The molecule has 1 aromatic carbocycles. The van der Waals surface area contributed by atoms with E-state index in [4.69, 9.17) is 5.73 Å². The standard InChI is InChI=1S/C16H25N3O/c1-12(2)19-10-8-14(9-11-19)18-16(20)15(17)13-6-4-3-5-7-13/h3-7,12,14-15H,8-11,17H2,1-2H3,(H,18,20)/t15-/m0/s1. The molecule has 0 unspecified atom stereocenters. The van der Waals surface area contributed by atoms with Gasteiger partial charge in [-0.05, 0) is 32.3 Å². The molecule has 0 radical (unpaired) electrons. The highest BCUT2D eigenvalue weighted by atomic mass is 16.2. The molecule has 0 aromatic heterocycles. The van der Waals surface area contributed by atoms with Gasteiger partial charge in [-0.3, -0.25) is 4.79 Å². The monoisotopic (exact) mass is 275 g/mol. The summed E-state index contributed by atoms with van der Waals surface area (Å²) in [5.74, 6) is -0.0702. The van der Waals surface area contributed by atoms with Crippen molar-refractivity contribution in [2.45, 2.75) is 44.8 Å². The fourth-order valence-corrected chi connectivity index (χ4v) is 2.66. The second-order valence-electron chi connectivity index (χ2n) is 5.80. The largest absolute Gasteiger partial charge is 0.352 e. The molecule has 0 spiro atoms. The van der Waals surface area contributed by atoms with Gasteiger partial charge in [0.2, 0.25) is 5.91 Å². The van der Waals surface area contributed by atoms with E-state index in [9.17, 15) is 4.79 Å². The van der Waals surface area contributed by atoms with Gasteiger partial charge in [0.1, 0.15) is 6.04 Å². The number of likely N-dealkylation sites (tertiary alicyclic amines) is 1. The fourth-order valence-electron chi connectivity index (χ4n) is 2.66. The number of nitrogens with one attached hydrogen (secondary N) is 1. The predicted molar refractivity (Wildman–Crippen MR) is 81.2 cm³/mol. The number of hydrogen-bond acceptors (Lipinski definition) is 3. The third-order valence-electron chi connectivity index (χ3n) is 4.05. The first-order valence-corrected chi connectivity index (χ1v) is 7.43. The van der Waals surface area contributed by atoms with E-state index in [1.807, 2.05) is 30.3 Å². The third-order valence-corrected chi connectivity index (χ3v) is 4.05. The van der Waals surface area contributed by atoms with Crippen LogP contribution >= 0.6 is 0 Å². The number of amides is 1. The van der Waals surface area contributed by atoms with Crippen LogP contribution in [0.3, 0.4) is 0 Å². The van der Waals surface area contributed by atoms with Gasteiger partial charge in [0.05, 0.1) is 0 Å². The zero-order chi connectivity index (χ0) is 14.5. The first kappa shape index (κ1) is 15.0. The van der Waals surface area contributed by atoms with E-state index in [-0.39, 0.29) is 11.9 Å². The normalized spacial score (nSPS) is 19.0. The van der Waals surface area contributed by atoms with E-state index >= 15 is 0 Å². The second-order valence-corrected chi connectivity index (χ2v) is 5.80. The van der Waals surface area contributed by atoms with Crippen LogP contribution in [0, 0.1) is 0 Å². The highest BCUT2D eigenvalue weighted by Gasteiger charge is 2.24. The van der Waals surface area contributed by atoms with Crippen molar-refractivity contribution in [2.75, 3.05) is 13.1 Å². The molecule has 3 N–H and O–H groups in total. The van der Waals surface area contributed by atoms with Crippen LogP contribution in [-0.2, 0) is 4.79 Å². The summed E-state index contributed by atoms with van der Waals surface area (Å²) in [5.41, 5.74) is 6.87. The summed E-state index contributed by atoms with van der Waals surface area (Å²) in [7, 11) is 0. The van der Waals surface area contributed by atoms with Crippen LogP contribution in [0.1, 0.15) is 38.3 Å². The molecule has 0 bridgehead atoms. The Balaban J connectivity index is 1.84. The molecule has 1 aromatic rings. The first-order valence-electron chi connectivity index (χ1n) is 7.43. The van der Waals surface area contributed by atoms with Crippen LogP contribution in [0.25, 0.3) is 0 Å². The summed E-state index contributed by atoms with van der Waals surface area (Å²) < 4.78 is 0. The molecule has 2 rings (SSSR count). The smallest absolute Gasteiger partial charge is 0.241 e. The van der Waals surface area contributed by atoms with Crippen molar-refractivity contribution >= 4 is 5.91 Å². The molecule has 1 heterocycles. The van der Waals surface area contributed by atoms with Crippen LogP contribution < -0.4 is 11.1 Å². The minimum absolute atomic E-state index is 0.0702. The summed E-state index contributed by atoms with van der Waals surface area (Å²) in [5, 5.41) is 3.09. The Bertz CT molecular complexity index is 425. The van der Waals surface area contributed by atoms with Crippen LogP contribution in [0.5, 0.6) is 0 Å². The maximum Gasteiger partial charge on any atom is 0.241 e. The van der Waals surface area contributed by atoms with E-state index < -0.39 is 6.04 Å². The maximum atomic E-state index is 12.2. The van der Waals surface area contributed by atoms with Crippen molar-refractivity contribution in [3.05, 3.63) is 35.9 Å². The number of hydrogen-bond donors (Lipinski definition) is 2. The molecule has 1 saturated heterocycles. The Hall–Kier alpha value is -1.39. The van der Waals surface area contributed by atoms with E-state index in [1.165, 1.54) is 0 Å². The van der Waals surface area contributed by atoms with Crippen LogP contribution in [0.2, 0.25) is 0 Å². The lowest BCUT2D eigenvalue weighted by atomic mass is 10.0. The Morgan fingerprint density at radius 3 is 2.40 bits per heavy atom. The molecule has 1 atom stereocenters. The molecule has 4 heteroatoms. The quantitative estimate of drug-likeness (QED) is 0.879. The van der Waals surface area contributed by atoms with Crippen LogP contribution in [-0.4, -0.2) is 36.0 Å². The topological polar surface area (TPSA) is 58.4 Å². The van der Waals surface area contributed by atoms with Gasteiger partial charge in [-0.15, -0.1) is 0 Å². The van der Waals surface area contributed by atoms with E-state index in [2.05, 4.69) is 24.1 Å². The Morgan fingerprint density at radius 2 is 1.85 bits per heavy atom. The van der Waals surface area contributed by atoms with Crippen LogP contribution in [0.15, 0.2) is 30.3 Å². The van der Waals surface area contributed by atoms with Crippen LogP contribution in [0.4, 0.5) is 0 Å². The van der Waals surface area contributed by atoms with Crippen molar-refractivity contribution in [1.29, 1.82) is 0 Å². The van der Waals surface area contributed by atoms with Crippen molar-refractivity contribution in [1.82, 2.24) is 10.2 Å². The van der Waals surface area contributed by atoms with E-state index in [1.54, 1.807) is 0 Å². The summed E-state index contributed by atoms with van der Waals surface area (Å²) in [4.78, 5) is 14.6.